The SMILES string of the molecule is Cc1ncsc1-c1ccc(CNC(=O)[C@@H]2C[C@@H](O)CN2C(=O)C(NC(=O)CCCCCCCCCCCN2CCN(C(=O)OC(C)(C)C)CC2)C(C)(C)C)cc1. The van der Waals surface area contributed by atoms with Crippen molar-refractivity contribution in [2.75, 3.05) is 39.3 Å². The van der Waals surface area contributed by atoms with E-state index in [2.05, 4.69) is 20.5 Å². The fraction of sp³-hybridized carbons (Fsp3) is 0.698. The molecule has 0 radical (unpaired) electrons. The van der Waals surface area contributed by atoms with E-state index < -0.39 is 29.2 Å². The Morgan fingerprint density at radius 1 is 0.893 bits per heavy atom. The molecule has 2 saturated heterocycles. The van der Waals surface area contributed by atoms with Crippen LogP contribution in [0.1, 0.15) is 123 Å². The fourth-order valence-electron chi connectivity index (χ4n) is 7.35. The number of amides is 4. The van der Waals surface area contributed by atoms with Crippen molar-refractivity contribution < 1.29 is 29.0 Å². The molecule has 2 fully saturated rings. The van der Waals surface area contributed by atoms with E-state index in [4.69, 9.17) is 4.74 Å². The minimum Gasteiger partial charge on any atom is -0.444 e. The number of carbonyl (C=O) groups excluding carboxylic acids is 4. The van der Waals surface area contributed by atoms with Gasteiger partial charge in [-0.05, 0) is 63.6 Å². The molecule has 3 atom stereocenters. The van der Waals surface area contributed by atoms with Gasteiger partial charge in [0.2, 0.25) is 17.7 Å². The Morgan fingerprint density at radius 2 is 1.50 bits per heavy atom. The molecule has 1 aromatic heterocycles. The number of hydrogen-bond donors (Lipinski definition) is 3. The Labute approximate surface area is 339 Å². The van der Waals surface area contributed by atoms with Crippen LogP contribution in [0, 0.1) is 12.3 Å². The van der Waals surface area contributed by atoms with Crippen molar-refractivity contribution in [2.24, 2.45) is 5.41 Å². The maximum Gasteiger partial charge on any atom is 0.410 e. The van der Waals surface area contributed by atoms with Gasteiger partial charge in [0.1, 0.15) is 17.7 Å². The first-order valence-corrected chi connectivity index (χ1v) is 21.6. The summed E-state index contributed by atoms with van der Waals surface area (Å²) in [6.07, 6.45) is 9.45. The van der Waals surface area contributed by atoms with E-state index in [1.165, 1.54) is 37.0 Å². The van der Waals surface area contributed by atoms with Crippen molar-refractivity contribution in [3.05, 3.63) is 41.0 Å². The van der Waals surface area contributed by atoms with Crippen LogP contribution in [0.4, 0.5) is 4.79 Å². The number of aryl methyl sites for hydroxylation is 1. The van der Waals surface area contributed by atoms with E-state index in [1.807, 2.05) is 83.1 Å². The average Bonchev–Trinajstić information content (AvgIpc) is 3.76. The molecule has 1 aromatic carbocycles. The molecule has 56 heavy (non-hydrogen) atoms. The summed E-state index contributed by atoms with van der Waals surface area (Å²) in [6, 6.07) is 6.33. The summed E-state index contributed by atoms with van der Waals surface area (Å²) in [5.41, 5.74) is 3.76. The lowest BCUT2D eigenvalue weighted by molar-refractivity contribution is -0.144. The summed E-state index contributed by atoms with van der Waals surface area (Å²) in [6.45, 7) is 18.1. The molecular formula is C43H68N6O6S. The summed E-state index contributed by atoms with van der Waals surface area (Å²) in [5.74, 6) is -0.821. The van der Waals surface area contributed by atoms with Gasteiger partial charge < -0.3 is 30.3 Å². The zero-order valence-corrected chi connectivity index (χ0v) is 35.8. The van der Waals surface area contributed by atoms with Crippen molar-refractivity contribution in [1.29, 1.82) is 0 Å². The zero-order valence-electron chi connectivity index (χ0n) is 35.0. The lowest BCUT2D eigenvalue weighted by Gasteiger charge is -2.35. The van der Waals surface area contributed by atoms with Crippen LogP contribution in [-0.2, 0) is 25.7 Å². The number of unbranched alkanes of at least 4 members (excludes halogenated alkanes) is 8. The third-order valence-corrected chi connectivity index (χ3v) is 11.6. The number of carbonyl (C=O) groups is 4. The maximum absolute atomic E-state index is 13.9. The molecule has 0 aliphatic carbocycles. The van der Waals surface area contributed by atoms with Gasteiger partial charge in [0.15, 0.2) is 0 Å². The molecule has 2 aromatic rings. The third kappa shape index (κ3) is 14.4. The highest BCUT2D eigenvalue weighted by Crippen LogP contribution is 2.28. The number of aliphatic hydroxyl groups is 1. The number of thiazole rings is 1. The Morgan fingerprint density at radius 3 is 2.07 bits per heavy atom. The molecular weight excluding hydrogens is 729 g/mol. The van der Waals surface area contributed by atoms with Gasteiger partial charge in [-0.3, -0.25) is 19.3 Å². The minimum atomic E-state index is -0.819. The number of aromatic nitrogens is 1. The van der Waals surface area contributed by atoms with E-state index in [0.29, 0.717) is 13.0 Å². The van der Waals surface area contributed by atoms with Crippen molar-refractivity contribution in [3.63, 3.8) is 0 Å². The van der Waals surface area contributed by atoms with Crippen molar-refractivity contribution >= 4 is 35.2 Å². The molecule has 2 aliphatic rings. The van der Waals surface area contributed by atoms with E-state index in [1.54, 1.807) is 11.3 Å². The number of piperazine rings is 1. The number of nitrogens with one attached hydrogen (secondary N) is 2. The second kappa shape index (κ2) is 21.3. The molecule has 1 unspecified atom stereocenters. The third-order valence-electron chi connectivity index (χ3n) is 10.6. The van der Waals surface area contributed by atoms with E-state index in [0.717, 1.165) is 80.1 Å². The van der Waals surface area contributed by atoms with E-state index in [-0.39, 0.29) is 36.8 Å². The molecule has 3 N–H and O–H groups in total. The molecule has 4 rings (SSSR count). The number of aliphatic hydroxyl groups excluding tert-OH is 1. The second-order valence-electron chi connectivity index (χ2n) is 17.7. The van der Waals surface area contributed by atoms with Gasteiger partial charge in [-0.15, -0.1) is 11.3 Å². The van der Waals surface area contributed by atoms with Crippen LogP contribution in [0.3, 0.4) is 0 Å². The normalized spacial score (nSPS) is 18.5. The summed E-state index contributed by atoms with van der Waals surface area (Å²) in [5, 5.41) is 16.5. The lowest BCUT2D eigenvalue weighted by Crippen LogP contribution is -2.57. The molecule has 0 bridgehead atoms. The number of nitrogens with zero attached hydrogens (tertiary/aromatic N) is 4. The summed E-state index contributed by atoms with van der Waals surface area (Å²) >= 11 is 1.59. The molecule has 0 saturated carbocycles. The minimum absolute atomic E-state index is 0.0525. The highest BCUT2D eigenvalue weighted by Gasteiger charge is 2.44. The smallest absolute Gasteiger partial charge is 0.410 e. The van der Waals surface area contributed by atoms with Gasteiger partial charge in [-0.25, -0.2) is 9.78 Å². The van der Waals surface area contributed by atoms with Crippen LogP contribution in [0.2, 0.25) is 0 Å². The first kappa shape index (κ1) is 45.2. The number of hydrogen-bond acceptors (Lipinski definition) is 9. The zero-order chi connectivity index (χ0) is 40.9. The molecule has 12 nitrogen and oxygen atoms in total. The lowest BCUT2D eigenvalue weighted by atomic mass is 9.85. The van der Waals surface area contributed by atoms with Crippen LogP contribution in [0.5, 0.6) is 0 Å². The molecule has 4 amide bonds. The second-order valence-corrected chi connectivity index (χ2v) is 18.5. The van der Waals surface area contributed by atoms with Crippen LogP contribution in [0.15, 0.2) is 29.8 Å². The van der Waals surface area contributed by atoms with Crippen LogP contribution in [-0.4, -0.2) is 112 Å². The number of benzene rings is 1. The van der Waals surface area contributed by atoms with Crippen molar-refractivity contribution in [2.45, 2.75) is 149 Å². The Hall–Kier alpha value is -3.55. The quantitative estimate of drug-likeness (QED) is 0.142. The predicted molar refractivity (Wildman–Crippen MR) is 222 cm³/mol. The van der Waals surface area contributed by atoms with Crippen LogP contribution >= 0.6 is 11.3 Å². The fourth-order valence-corrected chi connectivity index (χ4v) is 8.16. The van der Waals surface area contributed by atoms with Gasteiger partial charge in [0, 0.05) is 52.1 Å². The number of rotatable bonds is 18. The summed E-state index contributed by atoms with van der Waals surface area (Å²) in [4.78, 5) is 63.8. The van der Waals surface area contributed by atoms with Gasteiger partial charge in [0.25, 0.3) is 0 Å². The molecule has 3 heterocycles. The number of β-amino-alcohol motifs (C(OH)–C–C–N with tert-alkyl or cyclic N) is 1. The van der Waals surface area contributed by atoms with Gasteiger partial charge in [-0.1, -0.05) is 90.0 Å². The number of ether oxygens (including phenoxy) is 1. The first-order valence-electron chi connectivity index (χ1n) is 20.8. The predicted octanol–water partition coefficient (Wildman–Crippen LogP) is 6.68. The summed E-state index contributed by atoms with van der Waals surface area (Å²) in [7, 11) is 0. The van der Waals surface area contributed by atoms with Gasteiger partial charge in [-0.2, -0.15) is 0 Å². The monoisotopic (exact) mass is 796 g/mol. The summed E-state index contributed by atoms with van der Waals surface area (Å²) < 4.78 is 5.50. The Kier molecular flexibility index (Phi) is 17.2. The molecule has 2 aliphatic heterocycles. The Balaban J connectivity index is 1.09. The Bertz CT molecular complexity index is 1560. The van der Waals surface area contributed by atoms with Crippen LogP contribution in [0.25, 0.3) is 10.4 Å². The number of likely N-dealkylation sites (tertiary alicyclic amines) is 1. The largest absolute Gasteiger partial charge is 0.444 e. The molecule has 312 valence electrons. The van der Waals surface area contributed by atoms with E-state index in [9.17, 15) is 24.3 Å². The maximum atomic E-state index is 13.9. The van der Waals surface area contributed by atoms with Crippen LogP contribution < -0.4 is 10.6 Å². The highest BCUT2D eigenvalue weighted by atomic mass is 32.1. The standard InChI is InChI=1S/C43H68N6O6S/c1-31-37(56-30-45-31)33-20-18-32(19-21-33)28-44-39(52)35-27-34(50)29-49(35)40(53)38(42(2,3)4)46-36(51)17-15-13-11-9-8-10-12-14-16-22-47-23-25-48(26-24-47)41(54)55-43(5,6)7/h18-21,30,34-35,38,50H,8-17,22-29H2,1-7H3,(H,44,52)(H,46,51)/t34-,35+,38?/m1/s1. The first-order chi connectivity index (χ1) is 26.5. The molecule has 0 spiro atoms. The van der Waals surface area contributed by atoms with Crippen molar-refractivity contribution in [1.82, 2.24) is 30.3 Å². The van der Waals surface area contributed by atoms with Crippen molar-refractivity contribution in [3.8, 4) is 10.4 Å². The highest BCUT2D eigenvalue weighted by molar-refractivity contribution is 7.13. The van der Waals surface area contributed by atoms with E-state index >= 15 is 0 Å². The molecule has 13 heteroatoms. The van der Waals surface area contributed by atoms with Gasteiger partial charge in [0.05, 0.1) is 22.2 Å². The topological polar surface area (TPSA) is 144 Å². The average molecular weight is 797 g/mol. The van der Waals surface area contributed by atoms with Gasteiger partial charge >= 0.3 is 6.09 Å².